The third kappa shape index (κ3) is 3.25. The van der Waals surface area contributed by atoms with Crippen LogP contribution in [0.3, 0.4) is 0 Å². The predicted octanol–water partition coefficient (Wildman–Crippen LogP) is 3.79. The summed E-state index contributed by atoms with van der Waals surface area (Å²) in [4.78, 5) is 3.60. The minimum absolute atomic E-state index is 0.169. The topological polar surface area (TPSA) is 22.1 Å². The normalized spacial score (nSPS) is 12.7. The van der Waals surface area contributed by atoms with E-state index in [0.717, 1.165) is 12.3 Å². The van der Waals surface area contributed by atoms with Crippen molar-refractivity contribution in [3.63, 3.8) is 0 Å². The second kappa shape index (κ2) is 5.01. The molecule has 0 amide bonds. The average Bonchev–Trinajstić information content (AvgIpc) is 2.25. The van der Waals surface area contributed by atoms with Gasteiger partial charge in [-0.15, -0.1) is 0 Å². The Balaban J connectivity index is 2.80. The van der Waals surface area contributed by atoms with Gasteiger partial charge in [-0.25, -0.2) is 4.98 Å². The summed E-state index contributed by atoms with van der Waals surface area (Å²) in [7, 11) is 0. The van der Waals surface area contributed by atoms with E-state index in [9.17, 15) is 13.2 Å². The van der Waals surface area contributed by atoms with Gasteiger partial charge < -0.3 is 4.74 Å². The van der Waals surface area contributed by atoms with E-state index in [4.69, 9.17) is 4.74 Å². The Morgan fingerprint density at radius 1 is 1.44 bits per heavy atom. The molecule has 5 heteroatoms. The zero-order valence-corrected chi connectivity index (χ0v) is 9.01. The van der Waals surface area contributed by atoms with Crippen LogP contribution in [0.1, 0.15) is 25.8 Å². The molecule has 2 nitrogen and oxygen atoms in total. The van der Waals surface area contributed by atoms with E-state index in [1.807, 2.05) is 6.92 Å². The maximum Gasteiger partial charge on any atom is 0.417 e. The molecular formula is C11H12F3NO. The highest BCUT2D eigenvalue weighted by molar-refractivity contribution is 5.21. The zero-order valence-electron chi connectivity index (χ0n) is 9.01. The number of hydrogen-bond acceptors (Lipinski definition) is 2. The summed E-state index contributed by atoms with van der Waals surface area (Å²) in [6.07, 6.45) is -1.18. The molecule has 0 N–H and O–H groups in total. The Morgan fingerprint density at radius 2 is 2.12 bits per heavy atom. The van der Waals surface area contributed by atoms with Crippen LogP contribution in [-0.2, 0) is 6.18 Å². The molecule has 0 spiro atoms. The van der Waals surface area contributed by atoms with Crippen LogP contribution in [0.25, 0.3) is 0 Å². The van der Waals surface area contributed by atoms with Gasteiger partial charge in [0.1, 0.15) is 5.76 Å². The monoisotopic (exact) mass is 231 g/mol. The lowest BCUT2D eigenvalue weighted by Crippen LogP contribution is -2.05. The number of halogens is 3. The van der Waals surface area contributed by atoms with Gasteiger partial charge in [0.05, 0.1) is 5.56 Å². The van der Waals surface area contributed by atoms with E-state index >= 15 is 0 Å². The molecule has 1 aromatic heterocycles. The number of aromatic nitrogens is 1. The first-order valence-corrected chi connectivity index (χ1v) is 4.83. The van der Waals surface area contributed by atoms with Gasteiger partial charge in [0.15, 0.2) is 0 Å². The van der Waals surface area contributed by atoms with Gasteiger partial charge in [0.25, 0.3) is 0 Å². The van der Waals surface area contributed by atoms with Crippen LogP contribution in [0.15, 0.2) is 30.2 Å². The maximum absolute atomic E-state index is 12.2. The van der Waals surface area contributed by atoms with Gasteiger partial charge in [-0.05, 0) is 19.1 Å². The lowest BCUT2D eigenvalue weighted by molar-refractivity contribution is -0.137. The van der Waals surface area contributed by atoms with Crippen molar-refractivity contribution in [1.29, 1.82) is 0 Å². The number of hydrogen-bond donors (Lipinski definition) is 0. The quantitative estimate of drug-likeness (QED) is 0.738. The molecular weight excluding hydrogens is 219 g/mol. The first-order chi connectivity index (χ1) is 7.47. The Kier molecular flexibility index (Phi) is 3.93. The van der Waals surface area contributed by atoms with Crippen molar-refractivity contribution in [3.05, 3.63) is 35.7 Å². The molecule has 0 aliphatic heterocycles. The third-order valence-electron chi connectivity index (χ3n) is 1.97. The van der Waals surface area contributed by atoms with Crippen molar-refractivity contribution in [3.8, 4) is 5.88 Å². The largest absolute Gasteiger partial charge is 0.444 e. The molecule has 0 fully saturated rings. The summed E-state index contributed by atoms with van der Waals surface area (Å²) in [5.74, 6) is 0.843. The summed E-state index contributed by atoms with van der Waals surface area (Å²) in [6, 6.07) is 2.16. The highest BCUT2D eigenvalue weighted by Gasteiger charge is 2.30. The molecule has 16 heavy (non-hydrogen) atoms. The maximum atomic E-state index is 12.2. The number of alkyl halides is 3. The third-order valence-corrected chi connectivity index (χ3v) is 1.97. The number of ether oxygens (including phenoxy) is 1. The van der Waals surface area contributed by atoms with Gasteiger partial charge in [-0.3, -0.25) is 0 Å². The van der Waals surface area contributed by atoms with E-state index in [2.05, 4.69) is 4.98 Å². The first kappa shape index (κ1) is 12.5. The van der Waals surface area contributed by atoms with Crippen LogP contribution < -0.4 is 4.74 Å². The SMILES string of the molecule is CC=C(CC)Oc1ccc(C(F)(F)F)cn1. The van der Waals surface area contributed by atoms with Crippen LogP contribution >= 0.6 is 0 Å². The fourth-order valence-electron chi connectivity index (χ4n) is 1.08. The fourth-order valence-corrected chi connectivity index (χ4v) is 1.08. The van der Waals surface area contributed by atoms with Crippen molar-refractivity contribution in [2.24, 2.45) is 0 Å². The van der Waals surface area contributed by atoms with Crippen LogP contribution in [0.5, 0.6) is 5.88 Å². The summed E-state index contributed by atoms with van der Waals surface area (Å²) in [5, 5.41) is 0. The summed E-state index contributed by atoms with van der Waals surface area (Å²) in [6.45, 7) is 3.68. The molecule has 0 aliphatic rings. The van der Waals surface area contributed by atoms with E-state index < -0.39 is 11.7 Å². The highest BCUT2D eigenvalue weighted by atomic mass is 19.4. The van der Waals surface area contributed by atoms with Crippen LogP contribution in [0.2, 0.25) is 0 Å². The summed E-state index contributed by atoms with van der Waals surface area (Å²) < 4.78 is 41.9. The second-order valence-electron chi connectivity index (χ2n) is 3.09. The molecule has 0 bridgehead atoms. The van der Waals surface area contributed by atoms with E-state index in [-0.39, 0.29) is 5.88 Å². The molecule has 0 radical (unpaired) electrons. The highest BCUT2D eigenvalue weighted by Crippen LogP contribution is 2.29. The smallest absolute Gasteiger partial charge is 0.417 e. The molecule has 88 valence electrons. The summed E-state index contributed by atoms with van der Waals surface area (Å²) >= 11 is 0. The minimum Gasteiger partial charge on any atom is -0.444 e. The Morgan fingerprint density at radius 3 is 2.50 bits per heavy atom. The number of rotatable bonds is 3. The van der Waals surface area contributed by atoms with Gasteiger partial charge in [-0.1, -0.05) is 6.92 Å². The lowest BCUT2D eigenvalue weighted by atomic mass is 10.3. The van der Waals surface area contributed by atoms with Gasteiger partial charge in [-0.2, -0.15) is 13.2 Å². The molecule has 1 heterocycles. The van der Waals surface area contributed by atoms with E-state index in [1.54, 1.807) is 13.0 Å². The number of pyridine rings is 1. The van der Waals surface area contributed by atoms with E-state index in [0.29, 0.717) is 12.2 Å². The Bertz CT molecular complexity index is 368. The van der Waals surface area contributed by atoms with Crippen LogP contribution in [-0.4, -0.2) is 4.98 Å². The molecule has 0 aliphatic carbocycles. The summed E-state index contributed by atoms with van der Waals surface area (Å²) in [5.41, 5.74) is -0.779. The van der Waals surface area contributed by atoms with Crippen LogP contribution in [0, 0.1) is 0 Å². The van der Waals surface area contributed by atoms with E-state index in [1.165, 1.54) is 6.07 Å². The first-order valence-electron chi connectivity index (χ1n) is 4.83. The minimum atomic E-state index is -4.36. The average molecular weight is 231 g/mol. The van der Waals surface area contributed by atoms with Gasteiger partial charge >= 0.3 is 6.18 Å². The Labute approximate surface area is 91.8 Å². The fraction of sp³-hybridized carbons (Fsp3) is 0.364. The second-order valence-corrected chi connectivity index (χ2v) is 3.09. The molecule has 1 aromatic rings. The molecule has 0 unspecified atom stereocenters. The molecule has 0 saturated carbocycles. The van der Waals surface area contributed by atoms with Gasteiger partial charge in [0, 0.05) is 18.7 Å². The lowest BCUT2D eigenvalue weighted by Gasteiger charge is -2.08. The van der Waals surface area contributed by atoms with Crippen molar-refractivity contribution in [1.82, 2.24) is 4.98 Å². The predicted molar refractivity (Wildman–Crippen MR) is 53.9 cm³/mol. The van der Waals surface area contributed by atoms with Crippen molar-refractivity contribution in [2.75, 3.05) is 0 Å². The molecule has 0 aromatic carbocycles. The number of nitrogens with zero attached hydrogens (tertiary/aromatic N) is 1. The van der Waals surface area contributed by atoms with Crippen molar-refractivity contribution >= 4 is 0 Å². The zero-order chi connectivity index (χ0) is 12.2. The van der Waals surface area contributed by atoms with Crippen LogP contribution in [0.4, 0.5) is 13.2 Å². The van der Waals surface area contributed by atoms with Gasteiger partial charge in [0.2, 0.25) is 5.88 Å². The van der Waals surface area contributed by atoms with Crippen molar-refractivity contribution in [2.45, 2.75) is 26.4 Å². The molecule has 0 saturated heterocycles. The van der Waals surface area contributed by atoms with Crippen molar-refractivity contribution < 1.29 is 17.9 Å². The molecule has 1 rings (SSSR count). The standard InChI is InChI=1S/C11H12F3NO/c1-3-9(4-2)16-10-6-5-8(7-15-10)11(12,13)14/h3,5-7H,4H2,1-2H3. The number of allylic oxidation sites excluding steroid dienone is 2. The Hall–Kier alpha value is -1.52. The molecule has 0 atom stereocenters.